The minimum Gasteiger partial charge on any atom is -0.491 e. The molecular weight excluding hydrogens is 240 g/mol. The first kappa shape index (κ1) is 12.5. The Morgan fingerprint density at radius 1 is 1.42 bits per heavy atom. The number of carbonyl (C=O) groups excluding carboxylic acids is 1. The second-order valence-electron chi connectivity index (χ2n) is 5.49. The summed E-state index contributed by atoms with van der Waals surface area (Å²) in [6.45, 7) is 3.61. The maximum absolute atomic E-state index is 12.3. The standard InChI is InChI=1S/C15H20N2O2/c1-10-8-11(6-7-16-10)15(18)17-13-9-19-14-5-3-2-4-12(13)14/h2-5,10-11,13,16H,6-9H2,1H3,(H,17,18)/t10-,11-,13?/m0/s1. The third kappa shape index (κ3) is 2.59. The van der Waals surface area contributed by atoms with Gasteiger partial charge in [-0.25, -0.2) is 0 Å². The van der Waals surface area contributed by atoms with Crippen molar-refractivity contribution in [3.63, 3.8) is 0 Å². The maximum atomic E-state index is 12.3. The fraction of sp³-hybridized carbons (Fsp3) is 0.533. The number of carbonyl (C=O) groups is 1. The van der Waals surface area contributed by atoms with Crippen LogP contribution >= 0.6 is 0 Å². The molecule has 1 aromatic carbocycles. The lowest BCUT2D eigenvalue weighted by atomic mass is 9.92. The average molecular weight is 260 g/mol. The summed E-state index contributed by atoms with van der Waals surface area (Å²) in [4.78, 5) is 12.3. The van der Waals surface area contributed by atoms with Crippen LogP contribution in [0, 0.1) is 5.92 Å². The summed E-state index contributed by atoms with van der Waals surface area (Å²) in [6.07, 6.45) is 1.84. The van der Waals surface area contributed by atoms with Crippen LogP contribution in [0.15, 0.2) is 24.3 Å². The number of benzene rings is 1. The smallest absolute Gasteiger partial charge is 0.223 e. The highest BCUT2D eigenvalue weighted by atomic mass is 16.5. The molecule has 102 valence electrons. The Morgan fingerprint density at radius 3 is 3.11 bits per heavy atom. The number of ether oxygens (including phenoxy) is 1. The Labute approximate surface area is 113 Å². The Balaban J connectivity index is 1.64. The Bertz CT molecular complexity index is 475. The maximum Gasteiger partial charge on any atom is 0.223 e. The van der Waals surface area contributed by atoms with Crippen LogP contribution in [0.1, 0.15) is 31.4 Å². The van der Waals surface area contributed by atoms with Gasteiger partial charge in [0.1, 0.15) is 12.4 Å². The normalized spacial score (nSPS) is 29.4. The van der Waals surface area contributed by atoms with Crippen molar-refractivity contribution in [1.29, 1.82) is 0 Å². The number of rotatable bonds is 2. The van der Waals surface area contributed by atoms with Crippen LogP contribution < -0.4 is 15.4 Å². The van der Waals surface area contributed by atoms with Gasteiger partial charge in [-0.15, -0.1) is 0 Å². The van der Waals surface area contributed by atoms with Crippen molar-refractivity contribution >= 4 is 5.91 Å². The first-order chi connectivity index (χ1) is 9.24. The molecular formula is C15H20N2O2. The molecule has 0 spiro atoms. The first-order valence-electron chi connectivity index (χ1n) is 6.99. The zero-order valence-corrected chi connectivity index (χ0v) is 11.2. The van der Waals surface area contributed by atoms with Crippen molar-refractivity contribution in [2.45, 2.75) is 31.8 Å². The number of nitrogens with one attached hydrogen (secondary N) is 2. The van der Waals surface area contributed by atoms with E-state index in [0.29, 0.717) is 12.6 Å². The van der Waals surface area contributed by atoms with Gasteiger partial charge in [-0.2, -0.15) is 0 Å². The second kappa shape index (κ2) is 5.21. The van der Waals surface area contributed by atoms with Gasteiger partial charge in [0.05, 0.1) is 6.04 Å². The molecule has 0 saturated carbocycles. The van der Waals surface area contributed by atoms with Crippen molar-refractivity contribution in [2.24, 2.45) is 5.92 Å². The summed E-state index contributed by atoms with van der Waals surface area (Å²) >= 11 is 0. The predicted octanol–water partition coefficient (Wildman–Crippen LogP) is 1.62. The van der Waals surface area contributed by atoms with Gasteiger partial charge in [0.25, 0.3) is 0 Å². The van der Waals surface area contributed by atoms with Crippen LogP contribution in [0.2, 0.25) is 0 Å². The third-order valence-electron chi connectivity index (χ3n) is 4.01. The molecule has 1 unspecified atom stereocenters. The van der Waals surface area contributed by atoms with E-state index in [1.165, 1.54) is 0 Å². The van der Waals surface area contributed by atoms with E-state index in [1.807, 2.05) is 24.3 Å². The Kier molecular flexibility index (Phi) is 3.42. The van der Waals surface area contributed by atoms with Crippen LogP contribution in [-0.4, -0.2) is 25.1 Å². The summed E-state index contributed by atoms with van der Waals surface area (Å²) in [5.74, 6) is 1.19. The summed E-state index contributed by atoms with van der Waals surface area (Å²) in [5.41, 5.74) is 1.10. The lowest BCUT2D eigenvalue weighted by molar-refractivity contribution is -0.126. The fourth-order valence-electron chi connectivity index (χ4n) is 2.94. The molecule has 1 aromatic rings. The van der Waals surface area contributed by atoms with Crippen LogP contribution in [0.3, 0.4) is 0 Å². The molecule has 4 nitrogen and oxygen atoms in total. The van der Waals surface area contributed by atoms with Crippen LogP contribution in [0.4, 0.5) is 0 Å². The molecule has 3 atom stereocenters. The van der Waals surface area contributed by atoms with Crippen LogP contribution in [-0.2, 0) is 4.79 Å². The largest absolute Gasteiger partial charge is 0.491 e. The molecule has 2 heterocycles. The van der Waals surface area contributed by atoms with Gasteiger partial charge in [-0.1, -0.05) is 18.2 Å². The first-order valence-corrected chi connectivity index (χ1v) is 6.99. The molecule has 1 saturated heterocycles. The quantitative estimate of drug-likeness (QED) is 0.849. The topological polar surface area (TPSA) is 50.4 Å². The Hall–Kier alpha value is -1.55. The number of amides is 1. The van der Waals surface area contributed by atoms with E-state index >= 15 is 0 Å². The molecule has 2 N–H and O–H groups in total. The van der Waals surface area contributed by atoms with Crippen molar-refractivity contribution in [2.75, 3.05) is 13.2 Å². The minimum absolute atomic E-state index is 0.00823. The number of fused-ring (bicyclic) bond motifs is 1. The highest BCUT2D eigenvalue weighted by Crippen LogP contribution is 2.32. The molecule has 1 amide bonds. The Morgan fingerprint density at radius 2 is 2.26 bits per heavy atom. The van der Waals surface area contributed by atoms with Crippen molar-refractivity contribution < 1.29 is 9.53 Å². The van der Waals surface area contributed by atoms with E-state index in [0.717, 1.165) is 30.7 Å². The second-order valence-corrected chi connectivity index (χ2v) is 5.49. The molecule has 0 radical (unpaired) electrons. The van der Waals surface area contributed by atoms with Crippen LogP contribution in [0.25, 0.3) is 0 Å². The van der Waals surface area contributed by atoms with E-state index in [2.05, 4.69) is 17.6 Å². The average Bonchev–Trinajstić information content (AvgIpc) is 2.82. The lowest BCUT2D eigenvalue weighted by Gasteiger charge is -2.28. The molecule has 0 bridgehead atoms. The minimum atomic E-state index is 0.00823. The number of hydrogen-bond donors (Lipinski definition) is 2. The van der Waals surface area contributed by atoms with Gasteiger partial charge in [0, 0.05) is 17.5 Å². The number of hydrogen-bond acceptors (Lipinski definition) is 3. The van der Waals surface area contributed by atoms with E-state index in [9.17, 15) is 4.79 Å². The zero-order valence-electron chi connectivity index (χ0n) is 11.2. The van der Waals surface area contributed by atoms with E-state index in [-0.39, 0.29) is 17.9 Å². The molecule has 4 heteroatoms. The SMILES string of the molecule is C[C@H]1C[C@@H](C(=O)NC2COc3ccccc32)CCN1. The molecule has 0 aliphatic carbocycles. The van der Waals surface area contributed by atoms with E-state index in [1.54, 1.807) is 0 Å². The molecule has 2 aliphatic heterocycles. The molecule has 3 rings (SSSR count). The molecule has 0 aromatic heterocycles. The van der Waals surface area contributed by atoms with Gasteiger partial charge in [0.15, 0.2) is 0 Å². The van der Waals surface area contributed by atoms with Gasteiger partial charge < -0.3 is 15.4 Å². The van der Waals surface area contributed by atoms with Gasteiger partial charge in [-0.3, -0.25) is 4.79 Å². The molecule has 19 heavy (non-hydrogen) atoms. The highest BCUT2D eigenvalue weighted by Gasteiger charge is 2.30. The van der Waals surface area contributed by atoms with Gasteiger partial charge in [-0.05, 0) is 32.4 Å². The monoisotopic (exact) mass is 260 g/mol. The zero-order chi connectivity index (χ0) is 13.2. The van der Waals surface area contributed by atoms with Crippen molar-refractivity contribution in [1.82, 2.24) is 10.6 Å². The van der Waals surface area contributed by atoms with Crippen LogP contribution in [0.5, 0.6) is 5.75 Å². The fourth-order valence-corrected chi connectivity index (χ4v) is 2.94. The summed E-state index contributed by atoms with van der Waals surface area (Å²) in [6, 6.07) is 8.36. The molecule has 2 aliphatic rings. The lowest BCUT2D eigenvalue weighted by Crippen LogP contribution is -2.43. The number of para-hydroxylation sites is 1. The predicted molar refractivity (Wildman–Crippen MR) is 73.0 cm³/mol. The van der Waals surface area contributed by atoms with Crippen molar-refractivity contribution in [3.05, 3.63) is 29.8 Å². The van der Waals surface area contributed by atoms with E-state index in [4.69, 9.17) is 4.74 Å². The summed E-state index contributed by atoms with van der Waals surface area (Å²) < 4.78 is 5.59. The van der Waals surface area contributed by atoms with E-state index < -0.39 is 0 Å². The van der Waals surface area contributed by atoms with Gasteiger partial charge >= 0.3 is 0 Å². The summed E-state index contributed by atoms with van der Waals surface area (Å²) in [5, 5.41) is 6.51. The van der Waals surface area contributed by atoms with Crippen molar-refractivity contribution in [3.8, 4) is 5.75 Å². The number of piperidine rings is 1. The third-order valence-corrected chi connectivity index (χ3v) is 4.01. The summed E-state index contributed by atoms with van der Waals surface area (Å²) in [7, 11) is 0. The van der Waals surface area contributed by atoms with Gasteiger partial charge in [0.2, 0.25) is 5.91 Å². The molecule has 1 fully saturated rings. The highest BCUT2D eigenvalue weighted by molar-refractivity contribution is 5.79.